The Labute approximate surface area is 86.8 Å². The molecule has 0 spiro atoms. The molecule has 0 fully saturated rings. The van der Waals surface area contributed by atoms with Gasteiger partial charge in [-0.1, -0.05) is 18.7 Å². The maximum Gasteiger partial charge on any atom is 0.416 e. The van der Waals surface area contributed by atoms with E-state index in [1.54, 1.807) is 31.1 Å². The minimum Gasteiger partial charge on any atom is -0.378 e. The van der Waals surface area contributed by atoms with Crippen molar-refractivity contribution < 1.29 is 13.2 Å². The predicted octanol–water partition coefficient (Wildman–Crippen LogP) is 3.33. The summed E-state index contributed by atoms with van der Waals surface area (Å²) >= 11 is 0. The summed E-state index contributed by atoms with van der Waals surface area (Å²) in [6.45, 7) is 3.05. The smallest absolute Gasteiger partial charge is 0.378 e. The Hall–Kier alpha value is -1.45. The normalized spacial score (nSPS) is 11.3. The Morgan fingerprint density at radius 2 is 1.87 bits per heavy atom. The van der Waals surface area contributed by atoms with E-state index in [0.717, 1.165) is 5.69 Å². The molecule has 1 aromatic carbocycles. The van der Waals surface area contributed by atoms with Gasteiger partial charge in [0.15, 0.2) is 0 Å². The second kappa shape index (κ2) is 3.96. The molecule has 0 aliphatic carbocycles. The fourth-order valence-electron chi connectivity index (χ4n) is 1.14. The molecule has 0 heterocycles. The Balaban J connectivity index is 3.06. The van der Waals surface area contributed by atoms with Crippen molar-refractivity contribution in [2.45, 2.75) is 6.18 Å². The van der Waals surface area contributed by atoms with Crippen LogP contribution in [-0.2, 0) is 0 Å². The number of halogens is 3. The van der Waals surface area contributed by atoms with Gasteiger partial charge in [-0.15, -0.1) is 0 Å². The molecule has 1 nitrogen and oxygen atoms in total. The fraction of sp³-hybridized carbons (Fsp3) is 0.273. The Bertz CT molecular complexity index is 366. The molecule has 0 aliphatic rings. The van der Waals surface area contributed by atoms with Crippen molar-refractivity contribution in [1.29, 1.82) is 0 Å². The van der Waals surface area contributed by atoms with Gasteiger partial charge in [0.2, 0.25) is 0 Å². The molecule has 0 atom stereocenters. The van der Waals surface area contributed by atoms with Crippen LogP contribution < -0.4 is 4.90 Å². The fourth-order valence-corrected chi connectivity index (χ4v) is 1.14. The summed E-state index contributed by atoms with van der Waals surface area (Å²) in [7, 11) is 3.55. The monoisotopic (exact) mass is 215 g/mol. The number of anilines is 1. The number of nitrogens with zero attached hydrogens (tertiary/aromatic N) is 1. The number of allylic oxidation sites excluding steroid dienone is 1. The van der Waals surface area contributed by atoms with Gasteiger partial charge in [0, 0.05) is 19.8 Å². The van der Waals surface area contributed by atoms with Crippen molar-refractivity contribution in [2.75, 3.05) is 19.0 Å². The maximum absolute atomic E-state index is 12.4. The van der Waals surface area contributed by atoms with Crippen LogP contribution in [-0.4, -0.2) is 20.3 Å². The van der Waals surface area contributed by atoms with Crippen LogP contribution in [0.2, 0.25) is 0 Å². The molecule has 15 heavy (non-hydrogen) atoms. The molecule has 0 amide bonds. The molecule has 82 valence electrons. The largest absolute Gasteiger partial charge is 0.416 e. The topological polar surface area (TPSA) is 3.24 Å². The summed E-state index contributed by atoms with van der Waals surface area (Å²) in [6.07, 6.45) is -4.37. The quantitative estimate of drug-likeness (QED) is 0.731. The van der Waals surface area contributed by atoms with Crippen LogP contribution in [0, 0.1) is 0 Å². The highest BCUT2D eigenvalue weighted by atomic mass is 19.4. The van der Waals surface area contributed by atoms with Crippen molar-refractivity contribution >= 4 is 11.3 Å². The highest BCUT2D eigenvalue weighted by Crippen LogP contribution is 2.33. The van der Waals surface area contributed by atoms with Gasteiger partial charge in [-0.05, 0) is 17.7 Å². The second-order valence-corrected chi connectivity index (χ2v) is 3.42. The number of hydrogen-bond donors (Lipinski definition) is 0. The molecule has 0 radical (unpaired) electrons. The zero-order valence-corrected chi connectivity index (χ0v) is 8.60. The van der Waals surface area contributed by atoms with Gasteiger partial charge in [0.1, 0.15) is 0 Å². The summed E-state index contributed by atoms with van der Waals surface area (Å²) in [5.41, 5.74) is 0.0119. The first-order chi connectivity index (χ1) is 6.82. The number of benzene rings is 1. The molecule has 0 unspecified atom stereocenters. The standard InChI is InChI=1S/C11H12F3N/c1-8(11(12,13)14)9-5-4-6-10(7-9)15(2)3/h4-7H,1H2,2-3H3. The molecule has 0 aliphatic heterocycles. The van der Waals surface area contributed by atoms with Crippen LogP contribution in [0.25, 0.3) is 5.57 Å². The third-order valence-corrected chi connectivity index (χ3v) is 2.05. The summed E-state index contributed by atoms with van der Waals surface area (Å²) in [5, 5.41) is 0. The maximum atomic E-state index is 12.4. The van der Waals surface area contributed by atoms with Gasteiger partial charge >= 0.3 is 6.18 Å². The van der Waals surface area contributed by atoms with Crippen molar-refractivity contribution in [1.82, 2.24) is 0 Å². The number of hydrogen-bond acceptors (Lipinski definition) is 1. The molecule has 0 N–H and O–H groups in total. The molecule has 1 aromatic rings. The van der Waals surface area contributed by atoms with E-state index in [9.17, 15) is 13.2 Å². The van der Waals surface area contributed by atoms with Crippen molar-refractivity contribution in [3.63, 3.8) is 0 Å². The Kier molecular flexibility index (Phi) is 3.07. The number of alkyl halides is 3. The van der Waals surface area contributed by atoms with Gasteiger partial charge in [0.05, 0.1) is 5.57 Å². The van der Waals surface area contributed by atoms with Gasteiger partial charge in [-0.2, -0.15) is 13.2 Å². The molecule has 0 saturated heterocycles. The predicted molar refractivity (Wildman–Crippen MR) is 55.9 cm³/mol. The van der Waals surface area contributed by atoms with E-state index in [0.29, 0.717) is 0 Å². The minimum atomic E-state index is -4.37. The average molecular weight is 215 g/mol. The van der Waals surface area contributed by atoms with Gasteiger partial charge < -0.3 is 4.90 Å². The van der Waals surface area contributed by atoms with E-state index >= 15 is 0 Å². The molecule has 0 saturated carbocycles. The first kappa shape index (κ1) is 11.6. The molecular formula is C11H12F3N. The van der Waals surface area contributed by atoms with Crippen LogP contribution in [0.4, 0.5) is 18.9 Å². The van der Waals surface area contributed by atoms with Gasteiger partial charge in [0.25, 0.3) is 0 Å². The number of rotatable bonds is 2. The van der Waals surface area contributed by atoms with Gasteiger partial charge in [-0.3, -0.25) is 0 Å². The lowest BCUT2D eigenvalue weighted by Gasteiger charge is -2.15. The zero-order valence-electron chi connectivity index (χ0n) is 8.60. The minimum absolute atomic E-state index is 0.105. The lowest BCUT2D eigenvalue weighted by molar-refractivity contribution is -0.0686. The first-order valence-corrected chi connectivity index (χ1v) is 4.36. The third kappa shape index (κ3) is 2.75. The van der Waals surface area contributed by atoms with Crippen molar-refractivity contribution in [3.8, 4) is 0 Å². The molecule has 4 heteroatoms. The van der Waals surface area contributed by atoms with Crippen molar-refractivity contribution in [3.05, 3.63) is 36.4 Å². The van der Waals surface area contributed by atoms with Gasteiger partial charge in [-0.25, -0.2) is 0 Å². The zero-order chi connectivity index (χ0) is 11.6. The summed E-state index contributed by atoms with van der Waals surface area (Å²) < 4.78 is 37.1. The van der Waals surface area contributed by atoms with Crippen LogP contribution in [0.15, 0.2) is 30.8 Å². The van der Waals surface area contributed by atoms with E-state index in [2.05, 4.69) is 6.58 Å². The Morgan fingerprint density at radius 1 is 1.27 bits per heavy atom. The van der Waals surface area contributed by atoms with Crippen LogP contribution in [0.5, 0.6) is 0 Å². The molecule has 0 aromatic heterocycles. The van der Waals surface area contributed by atoms with E-state index < -0.39 is 11.7 Å². The average Bonchev–Trinajstić information content (AvgIpc) is 2.15. The van der Waals surface area contributed by atoms with E-state index in [4.69, 9.17) is 0 Å². The van der Waals surface area contributed by atoms with Crippen LogP contribution >= 0.6 is 0 Å². The first-order valence-electron chi connectivity index (χ1n) is 4.36. The molecule has 0 bridgehead atoms. The van der Waals surface area contributed by atoms with Crippen molar-refractivity contribution in [2.24, 2.45) is 0 Å². The second-order valence-electron chi connectivity index (χ2n) is 3.42. The third-order valence-electron chi connectivity index (χ3n) is 2.05. The highest BCUT2D eigenvalue weighted by Gasteiger charge is 2.32. The molecule has 1 rings (SSSR count). The summed E-state index contributed by atoms with van der Waals surface area (Å²) in [5.74, 6) is 0. The van der Waals surface area contributed by atoms with Crippen LogP contribution in [0.3, 0.4) is 0 Å². The van der Waals surface area contributed by atoms with E-state index in [-0.39, 0.29) is 5.56 Å². The van der Waals surface area contributed by atoms with E-state index in [1.807, 2.05) is 0 Å². The highest BCUT2D eigenvalue weighted by molar-refractivity contribution is 5.70. The lowest BCUT2D eigenvalue weighted by atomic mass is 10.1. The van der Waals surface area contributed by atoms with Crippen LogP contribution in [0.1, 0.15) is 5.56 Å². The Morgan fingerprint density at radius 3 is 2.33 bits per heavy atom. The molecular weight excluding hydrogens is 203 g/mol. The summed E-state index contributed by atoms with van der Waals surface area (Å²) in [4.78, 5) is 1.74. The summed E-state index contributed by atoms with van der Waals surface area (Å²) in [6, 6.07) is 6.20. The lowest BCUT2D eigenvalue weighted by Crippen LogP contribution is -2.12. The van der Waals surface area contributed by atoms with E-state index in [1.165, 1.54) is 12.1 Å². The SMILES string of the molecule is C=C(c1cccc(N(C)C)c1)C(F)(F)F.